The van der Waals surface area contributed by atoms with Crippen molar-refractivity contribution in [2.24, 2.45) is 7.05 Å². The van der Waals surface area contributed by atoms with Gasteiger partial charge in [0.05, 0.1) is 6.20 Å². The number of aromatic nitrogens is 2. The van der Waals surface area contributed by atoms with Crippen LogP contribution in [0.5, 0.6) is 0 Å². The quantitative estimate of drug-likeness (QED) is 0.914. The van der Waals surface area contributed by atoms with E-state index in [1.165, 1.54) is 28.9 Å². The van der Waals surface area contributed by atoms with E-state index < -0.39 is 0 Å². The van der Waals surface area contributed by atoms with Crippen LogP contribution in [0, 0.1) is 0 Å². The summed E-state index contributed by atoms with van der Waals surface area (Å²) in [5, 5.41) is 8.13. The van der Waals surface area contributed by atoms with E-state index in [9.17, 15) is 0 Å². The predicted octanol–water partition coefficient (Wildman–Crippen LogP) is 2.64. The van der Waals surface area contributed by atoms with Crippen molar-refractivity contribution in [3.8, 4) is 0 Å². The molecule has 124 valence electrons. The van der Waals surface area contributed by atoms with Crippen molar-refractivity contribution in [3.05, 3.63) is 53.3 Å². The summed E-state index contributed by atoms with van der Waals surface area (Å²) in [5.74, 6) is 2.36. The van der Waals surface area contributed by atoms with Crippen molar-refractivity contribution >= 4 is 11.8 Å². The number of aryl methyl sites for hydroxylation is 2. The number of hydrogen-bond donors (Lipinski definition) is 1. The van der Waals surface area contributed by atoms with Crippen molar-refractivity contribution in [2.45, 2.75) is 18.5 Å². The number of benzene rings is 1. The Kier molecular flexibility index (Phi) is 5.41. The second-order valence-corrected chi connectivity index (χ2v) is 7.56. The Labute approximate surface area is 143 Å². The fourth-order valence-corrected chi connectivity index (χ4v) is 4.27. The van der Waals surface area contributed by atoms with E-state index in [0.29, 0.717) is 12.1 Å². The molecule has 4 nitrogen and oxygen atoms in total. The topological polar surface area (TPSA) is 33.1 Å². The molecule has 0 saturated carbocycles. The van der Waals surface area contributed by atoms with Crippen molar-refractivity contribution in [2.75, 3.05) is 32.1 Å². The van der Waals surface area contributed by atoms with Gasteiger partial charge in [0, 0.05) is 43.2 Å². The molecule has 2 heterocycles. The molecule has 0 radical (unpaired) electrons. The lowest BCUT2D eigenvalue weighted by Gasteiger charge is -2.27. The Morgan fingerprint density at radius 2 is 2.22 bits per heavy atom. The van der Waals surface area contributed by atoms with Gasteiger partial charge in [-0.25, -0.2) is 0 Å². The van der Waals surface area contributed by atoms with Gasteiger partial charge >= 0.3 is 0 Å². The molecular formula is C18H26N4S. The van der Waals surface area contributed by atoms with Crippen LogP contribution in [0.1, 0.15) is 28.8 Å². The smallest absolute Gasteiger partial charge is 0.0538 e. The Morgan fingerprint density at radius 3 is 2.96 bits per heavy atom. The van der Waals surface area contributed by atoms with Gasteiger partial charge < -0.3 is 10.2 Å². The molecule has 2 aromatic rings. The van der Waals surface area contributed by atoms with E-state index >= 15 is 0 Å². The number of rotatable bonds is 5. The molecule has 2 atom stereocenters. The molecule has 1 aliphatic heterocycles. The van der Waals surface area contributed by atoms with Crippen LogP contribution >= 0.6 is 11.8 Å². The number of fused-ring (bicyclic) bond motifs is 1. The molecular weight excluding hydrogens is 304 g/mol. The highest BCUT2D eigenvalue weighted by Crippen LogP contribution is 2.28. The average Bonchev–Trinajstić information content (AvgIpc) is 2.85. The molecule has 0 bridgehead atoms. The minimum atomic E-state index is 0.337. The molecule has 1 aliphatic rings. The molecule has 1 N–H and O–H groups in total. The number of nitrogens with zero attached hydrogens (tertiary/aromatic N) is 3. The lowest BCUT2D eigenvalue weighted by Crippen LogP contribution is -2.34. The highest BCUT2D eigenvalue weighted by molar-refractivity contribution is 7.99. The maximum absolute atomic E-state index is 4.32. The van der Waals surface area contributed by atoms with Gasteiger partial charge in [-0.05, 0) is 37.4 Å². The van der Waals surface area contributed by atoms with E-state index in [1.807, 2.05) is 29.7 Å². The molecule has 0 amide bonds. The Balaban J connectivity index is 1.73. The van der Waals surface area contributed by atoms with Gasteiger partial charge in [0.15, 0.2) is 0 Å². The third-order valence-electron chi connectivity index (χ3n) is 4.52. The summed E-state index contributed by atoms with van der Waals surface area (Å²) in [6.45, 7) is 0.929. The number of nitrogens with one attached hydrogen (secondary N) is 1. The second-order valence-electron chi connectivity index (χ2n) is 6.41. The maximum Gasteiger partial charge on any atom is 0.0538 e. The molecule has 3 rings (SSSR count). The lowest BCUT2D eigenvalue weighted by molar-refractivity contribution is 0.282. The summed E-state index contributed by atoms with van der Waals surface area (Å²) >= 11 is 2.05. The van der Waals surface area contributed by atoms with Gasteiger partial charge in [-0.1, -0.05) is 24.3 Å². The fourth-order valence-electron chi connectivity index (χ4n) is 3.21. The first-order valence-corrected chi connectivity index (χ1v) is 9.34. The van der Waals surface area contributed by atoms with Gasteiger partial charge in [-0.15, -0.1) is 0 Å². The standard InChI is InChI=1S/C18H26N4S/c1-21(2)18(15-10-20-22(3)12-15)11-19-17-13-23-9-8-14-6-4-5-7-16(14)17/h4-7,10,12,17-19H,8-9,11,13H2,1-3H3/t17-,18-/m1/s1. The predicted molar refractivity (Wildman–Crippen MR) is 97.9 cm³/mol. The van der Waals surface area contributed by atoms with Crippen molar-refractivity contribution in [3.63, 3.8) is 0 Å². The minimum absolute atomic E-state index is 0.337. The highest BCUT2D eigenvalue weighted by atomic mass is 32.2. The summed E-state index contributed by atoms with van der Waals surface area (Å²) in [7, 11) is 6.24. The highest BCUT2D eigenvalue weighted by Gasteiger charge is 2.21. The maximum atomic E-state index is 4.32. The average molecular weight is 331 g/mol. The van der Waals surface area contributed by atoms with Crippen molar-refractivity contribution in [1.82, 2.24) is 20.0 Å². The van der Waals surface area contributed by atoms with Crippen LogP contribution < -0.4 is 5.32 Å². The van der Waals surface area contributed by atoms with E-state index in [4.69, 9.17) is 0 Å². The van der Waals surface area contributed by atoms with Crippen LogP contribution in [0.25, 0.3) is 0 Å². The first-order valence-electron chi connectivity index (χ1n) is 8.19. The normalized spacial score (nSPS) is 19.4. The third-order valence-corrected chi connectivity index (χ3v) is 5.58. The van der Waals surface area contributed by atoms with Gasteiger partial charge in [-0.3, -0.25) is 4.68 Å². The second kappa shape index (κ2) is 7.51. The zero-order valence-corrected chi connectivity index (χ0v) is 15.0. The molecule has 1 aromatic heterocycles. The van der Waals surface area contributed by atoms with Crippen LogP contribution in [0.4, 0.5) is 0 Å². The number of thioether (sulfide) groups is 1. The Morgan fingerprint density at radius 1 is 1.39 bits per heavy atom. The van der Waals surface area contributed by atoms with Crippen LogP contribution in [-0.2, 0) is 13.5 Å². The van der Waals surface area contributed by atoms with Gasteiger partial charge in [0.25, 0.3) is 0 Å². The first kappa shape index (κ1) is 16.6. The van der Waals surface area contributed by atoms with E-state index in [2.05, 4.69) is 59.9 Å². The lowest BCUT2D eigenvalue weighted by atomic mass is 9.99. The Hall–Kier alpha value is -1.30. The molecule has 5 heteroatoms. The molecule has 0 saturated heterocycles. The van der Waals surface area contributed by atoms with Crippen LogP contribution in [0.2, 0.25) is 0 Å². The van der Waals surface area contributed by atoms with Crippen molar-refractivity contribution in [1.29, 1.82) is 0 Å². The molecule has 0 unspecified atom stereocenters. The van der Waals surface area contributed by atoms with Gasteiger partial charge in [0.1, 0.15) is 0 Å². The third kappa shape index (κ3) is 3.97. The van der Waals surface area contributed by atoms with Gasteiger partial charge in [-0.2, -0.15) is 16.9 Å². The van der Waals surface area contributed by atoms with E-state index in [1.54, 1.807) is 0 Å². The Bertz CT molecular complexity index is 637. The zero-order chi connectivity index (χ0) is 16.2. The van der Waals surface area contributed by atoms with Crippen LogP contribution in [0.15, 0.2) is 36.7 Å². The molecule has 1 aromatic carbocycles. The largest absolute Gasteiger partial charge is 0.307 e. The first-order chi connectivity index (χ1) is 11.1. The molecule has 23 heavy (non-hydrogen) atoms. The zero-order valence-electron chi connectivity index (χ0n) is 14.2. The minimum Gasteiger partial charge on any atom is -0.307 e. The molecule has 0 spiro atoms. The van der Waals surface area contributed by atoms with Gasteiger partial charge in [0.2, 0.25) is 0 Å². The molecule has 0 aliphatic carbocycles. The summed E-state index contributed by atoms with van der Waals surface area (Å²) in [5.41, 5.74) is 4.23. The number of hydrogen-bond acceptors (Lipinski definition) is 4. The monoisotopic (exact) mass is 330 g/mol. The fraction of sp³-hybridized carbons (Fsp3) is 0.500. The summed E-state index contributed by atoms with van der Waals surface area (Å²) < 4.78 is 1.88. The SMILES string of the molecule is CN(C)[C@H](CN[C@@H]1CSCCc2ccccc21)c1cnn(C)c1. The molecule has 0 fully saturated rings. The summed E-state index contributed by atoms with van der Waals surface area (Å²) in [6.07, 6.45) is 5.27. The van der Waals surface area contributed by atoms with Crippen LogP contribution in [-0.4, -0.2) is 46.8 Å². The van der Waals surface area contributed by atoms with E-state index in [-0.39, 0.29) is 0 Å². The van der Waals surface area contributed by atoms with Crippen molar-refractivity contribution < 1.29 is 0 Å². The number of likely N-dealkylation sites (N-methyl/N-ethyl adjacent to an activating group) is 1. The van der Waals surface area contributed by atoms with E-state index in [0.717, 1.165) is 12.3 Å². The van der Waals surface area contributed by atoms with Crippen LogP contribution in [0.3, 0.4) is 0 Å². The summed E-state index contributed by atoms with van der Waals surface area (Å²) in [6, 6.07) is 9.65. The summed E-state index contributed by atoms with van der Waals surface area (Å²) in [4.78, 5) is 2.26.